The zero-order valence-corrected chi connectivity index (χ0v) is 9.97. The molecule has 2 aliphatic rings. The van der Waals surface area contributed by atoms with Crippen molar-refractivity contribution in [2.24, 2.45) is 5.73 Å². The number of hydrogen-bond donors (Lipinski definition) is 1. The van der Waals surface area contributed by atoms with Gasteiger partial charge < -0.3 is 10.5 Å². The van der Waals surface area contributed by atoms with Gasteiger partial charge in [0, 0.05) is 31.8 Å². The third-order valence-electron chi connectivity index (χ3n) is 3.34. The third kappa shape index (κ3) is 3.03. The molecule has 0 amide bonds. The Balaban J connectivity index is 0.00000128. The number of likely N-dealkylation sites (tertiary alicyclic amines) is 1. The van der Waals surface area contributed by atoms with E-state index in [0.29, 0.717) is 26.0 Å². The van der Waals surface area contributed by atoms with Gasteiger partial charge in [0.1, 0.15) is 12.3 Å². The van der Waals surface area contributed by atoms with Gasteiger partial charge in [-0.2, -0.15) is 0 Å². The summed E-state index contributed by atoms with van der Waals surface area (Å²) in [5.74, 6) is 0. The molecule has 2 saturated heterocycles. The van der Waals surface area contributed by atoms with Crippen molar-refractivity contribution in [3.8, 4) is 0 Å². The summed E-state index contributed by atoms with van der Waals surface area (Å²) in [6.07, 6.45) is -0.733. The third-order valence-corrected chi connectivity index (χ3v) is 3.34. The Kier molecular flexibility index (Phi) is 5.37. The summed E-state index contributed by atoms with van der Waals surface area (Å²) >= 11 is 0. The molecule has 2 aliphatic heterocycles. The van der Waals surface area contributed by atoms with E-state index in [2.05, 4.69) is 0 Å². The largest absolute Gasteiger partial charge is 0.378 e. The van der Waals surface area contributed by atoms with Gasteiger partial charge in [-0.05, 0) is 12.8 Å². The number of halogens is 3. The van der Waals surface area contributed by atoms with Crippen LogP contribution < -0.4 is 5.73 Å². The molecule has 16 heavy (non-hydrogen) atoms. The van der Waals surface area contributed by atoms with Crippen LogP contribution in [0.3, 0.4) is 0 Å². The molecule has 4 unspecified atom stereocenters. The van der Waals surface area contributed by atoms with Gasteiger partial charge in [0.2, 0.25) is 0 Å². The molecule has 0 saturated carbocycles. The molecule has 0 spiro atoms. The predicted octanol–water partition coefficient (Wildman–Crippen LogP) is 0.906. The van der Waals surface area contributed by atoms with E-state index in [1.54, 1.807) is 0 Å². The lowest BCUT2D eigenvalue weighted by Gasteiger charge is -2.41. The van der Waals surface area contributed by atoms with Gasteiger partial charge in [0.25, 0.3) is 0 Å². The minimum atomic E-state index is -1.02. The van der Waals surface area contributed by atoms with E-state index in [1.165, 1.54) is 0 Å². The van der Waals surface area contributed by atoms with Crippen LogP contribution in [0.5, 0.6) is 0 Å². The Labute approximate surface area is 101 Å². The SMILES string of the molecule is Cl.NC1CCN(C2CCOCC2F)CC1F. The Morgan fingerprint density at radius 1 is 1.19 bits per heavy atom. The molecule has 0 aromatic carbocycles. The number of rotatable bonds is 1. The molecular formula is C10H19ClF2N2O. The van der Waals surface area contributed by atoms with Crippen molar-refractivity contribution in [2.45, 2.75) is 37.3 Å². The first-order valence-electron chi connectivity index (χ1n) is 5.54. The number of nitrogens with two attached hydrogens (primary N) is 1. The van der Waals surface area contributed by atoms with Crippen LogP contribution >= 0.6 is 12.4 Å². The monoisotopic (exact) mass is 256 g/mol. The minimum absolute atomic E-state index is 0. The predicted molar refractivity (Wildman–Crippen MR) is 60.4 cm³/mol. The number of piperidine rings is 1. The molecule has 6 heteroatoms. The standard InChI is InChI=1S/C10H18F2N2O.ClH/c11-7-5-14(3-1-9(7)13)10-2-4-15-6-8(10)12;/h7-10H,1-6,13H2;1H. The normalized spacial score (nSPS) is 41.4. The molecule has 4 atom stereocenters. The molecule has 0 bridgehead atoms. The first-order valence-corrected chi connectivity index (χ1v) is 5.54. The van der Waals surface area contributed by atoms with Crippen LogP contribution in [0.15, 0.2) is 0 Å². The van der Waals surface area contributed by atoms with Crippen molar-refractivity contribution in [3.05, 3.63) is 0 Å². The van der Waals surface area contributed by atoms with Gasteiger partial charge >= 0.3 is 0 Å². The fourth-order valence-corrected chi connectivity index (χ4v) is 2.35. The summed E-state index contributed by atoms with van der Waals surface area (Å²) in [4.78, 5) is 1.89. The van der Waals surface area contributed by atoms with Gasteiger partial charge in [-0.3, -0.25) is 4.90 Å². The van der Waals surface area contributed by atoms with E-state index in [1.807, 2.05) is 4.90 Å². The highest BCUT2D eigenvalue weighted by Crippen LogP contribution is 2.22. The zero-order chi connectivity index (χ0) is 10.8. The maximum Gasteiger partial charge on any atom is 0.139 e. The van der Waals surface area contributed by atoms with Crippen molar-refractivity contribution >= 4 is 12.4 Å². The van der Waals surface area contributed by atoms with Crippen molar-refractivity contribution in [3.63, 3.8) is 0 Å². The van der Waals surface area contributed by atoms with Crippen molar-refractivity contribution < 1.29 is 13.5 Å². The topological polar surface area (TPSA) is 38.5 Å². The molecule has 0 aromatic heterocycles. The average molecular weight is 257 g/mol. The molecule has 96 valence electrons. The van der Waals surface area contributed by atoms with Crippen molar-refractivity contribution in [2.75, 3.05) is 26.3 Å². The second-order valence-electron chi connectivity index (χ2n) is 4.41. The highest BCUT2D eigenvalue weighted by Gasteiger charge is 2.35. The first kappa shape index (κ1) is 14.1. The Morgan fingerprint density at radius 2 is 1.94 bits per heavy atom. The van der Waals surface area contributed by atoms with Crippen LogP contribution in [0.25, 0.3) is 0 Å². The maximum atomic E-state index is 13.5. The molecule has 2 heterocycles. The first-order chi connectivity index (χ1) is 7.18. The fourth-order valence-electron chi connectivity index (χ4n) is 2.35. The number of nitrogens with zero attached hydrogens (tertiary/aromatic N) is 1. The second kappa shape index (κ2) is 6.10. The number of hydrogen-bond acceptors (Lipinski definition) is 3. The lowest BCUT2D eigenvalue weighted by Crippen LogP contribution is -2.56. The Bertz CT molecular complexity index is 223. The molecule has 2 N–H and O–H groups in total. The Morgan fingerprint density at radius 3 is 2.56 bits per heavy atom. The highest BCUT2D eigenvalue weighted by atomic mass is 35.5. The smallest absolute Gasteiger partial charge is 0.139 e. The van der Waals surface area contributed by atoms with E-state index in [9.17, 15) is 8.78 Å². The van der Waals surface area contributed by atoms with E-state index in [4.69, 9.17) is 10.5 Å². The van der Waals surface area contributed by atoms with E-state index >= 15 is 0 Å². The zero-order valence-electron chi connectivity index (χ0n) is 9.15. The minimum Gasteiger partial charge on any atom is -0.378 e. The summed E-state index contributed by atoms with van der Waals surface area (Å²) in [7, 11) is 0. The molecule has 0 aromatic rings. The quantitative estimate of drug-likeness (QED) is 0.758. The fraction of sp³-hybridized carbons (Fsp3) is 1.00. The van der Waals surface area contributed by atoms with Crippen LogP contribution in [-0.4, -0.2) is 55.6 Å². The lowest BCUT2D eigenvalue weighted by molar-refractivity contribution is -0.0434. The van der Waals surface area contributed by atoms with Crippen molar-refractivity contribution in [1.82, 2.24) is 4.90 Å². The van der Waals surface area contributed by atoms with Gasteiger partial charge in [-0.25, -0.2) is 8.78 Å². The van der Waals surface area contributed by atoms with Gasteiger partial charge in [0.05, 0.1) is 6.61 Å². The van der Waals surface area contributed by atoms with Crippen LogP contribution in [0.1, 0.15) is 12.8 Å². The van der Waals surface area contributed by atoms with Gasteiger partial charge in [-0.15, -0.1) is 12.4 Å². The molecule has 2 fully saturated rings. The van der Waals surface area contributed by atoms with Crippen molar-refractivity contribution in [1.29, 1.82) is 0 Å². The van der Waals surface area contributed by atoms with E-state index in [0.717, 1.165) is 0 Å². The summed E-state index contributed by atoms with van der Waals surface area (Å²) in [6, 6.07) is -0.552. The van der Waals surface area contributed by atoms with E-state index < -0.39 is 12.3 Å². The molecular weight excluding hydrogens is 238 g/mol. The molecule has 0 radical (unpaired) electrons. The lowest BCUT2D eigenvalue weighted by atomic mass is 9.98. The van der Waals surface area contributed by atoms with E-state index in [-0.39, 0.29) is 37.6 Å². The summed E-state index contributed by atoms with van der Waals surface area (Å²) < 4.78 is 32.0. The molecule has 3 nitrogen and oxygen atoms in total. The highest BCUT2D eigenvalue weighted by molar-refractivity contribution is 5.85. The Hall–Kier alpha value is 0.0300. The summed E-state index contributed by atoms with van der Waals surface area (Å²) in [6.45, 7) is 1.69. The molecule has 2 rings (SSSR count). The van der Waals surface area contributed by atoms with Crippen LogP contribution in [-0.2, 0) is 4.74 Å². The molecule has 0 aliphatic carbocycles. The van der Waals surface area contributed by atoms with Crippen LogP contribution in [0.4, 0.5) is 8.78 Å². The van der Waals surface area contributed by atoms with Crippen LogP contribution in [0.2, 0.25) is 0 Å². The summed E-state index contributed by atoms with van der Waals surface area (Å²) in [5, 5.41) is 0. The number of alkyl halides is 2. The van der Waals surface area contributed by atoms with Gasteiger partial charge in [0.15, 0.2) is 0 Å². The number of ether oxygens (including phenoxy) is 1. The maximum absolute atomic E-state index is 13.5. The second-order valence-corrected chi connectivity index (χ2v) is 4.41. The van der Waals surface area contributed by atoms with Gasteiger partial charge in [-0.1, -0.05) is 0 Å². The summed E-state index contributed by atoms with van der Waals surface area (Å²) in [5.41, 5.74) is 5.58. The average Bonchev–Trinajstić information content (AvgIpc) is 2.23. The van der Waals surface area contributed by atoms with Crippen LogP contribution in [0, 0.1) is 0 Å².